The molecule has 18 heavy (non-hydrogen) atoms. The molecule has 1 aromatic rings. The molecule has 1 nitrogen and oxygen atoms in total. The predicted molar refractivity (Wildman–Crippen MR) is 76.8 cm³/mol. The molecule has 3 unspecified atom stereocenters. The van der Waals surface area contributed by atoms with Crippen LogP contribution in [0.4, 0.5) is 0 Å². The van der Waals surface area contributed by atoms with Crippen LogP contribution in [0.15, 0.2) is 24.3 Å². The molecule has 3 rings (SSSR count). The van der Waals surface area contributed by atoms with Gasteiger partial charge < -0.3 is 5.73 Å². The maximum Gasteiger partial charge on any atom is 0.0108 e. The van der Waals surface area contributed by atoms with Crippen LogP contribution in [-0.2, 0) is 0 Å². The first-order valence-electron chi connectivity index (χ1n) is 7.59. The van der Waals surface area contributed by atoms with Crippen molar-refractivity contribution in [2.45, 2.75) is 63.3 Å². The summed E-state index contributed by atoms with van der Waals surface area (Å²) in [7, 11) is 0. The van der Waals surface area contributed by atoms with E-state index in [1.165, 1.54) is 44.1 Å². The molecule has 3 atom stereocenters. The van der Waals surface area contributed by atoms with Gasteiger partial charge in [-0.2, -0.15) is 0 Å². The summed E-state index contributed by atoms with van der Waals surface area (Å²) in [4.78, 5) is 0. The van der Waals surface area contributed by atoms with Crippen molar-refractivity contribution in [3.63, 3.8) is 0 Å². The fourth-order valence-corrected chi connectivity index (χ4v) is 3.57. The standard InChI is InChI=1S/C17H25N/c1-12-8-9-17(18)16(10-12)15-7-3-6-14(11-15)13-4-2-5-13/h3,6-7,11-13,16-17H,2,4-5,8-10,18H2,1H3. The summed E-state index contributed by atoms with van der Waals surface area (Å²) in [6, 6.07) is 9.68. The van der Waals surface area contributed by atoms with Gasteiger partial charge in [0.1, 0.15) is 0 Å². The smallest absolute Gasteiger partial charge is 0.0108 e. The molecule has 1 heteroatoms. The summed E-state index contributed by atoms with van der Waals surface area (Å²) >= 11 is 0. The predicted octanol–water partition coefficient (Wildman–Crippen LogP) is 4.19. The van der Waals surface area contributed by atoms with Crippen LogP contribution < -0.4 is 5.73 Å². The summed E-state index contributed by atoms with van der Waals surface area (Å²) < 4.78 is 0. The van der Waals surface area contributed by atoms with Crippen molar-refractivity contribution in [1.82, 2.24) is 0 Å². The van der Waals surface area contributed by atoms with Crippen LogP contribution in [0.2, 0.25) is 0 Å². The number of benzene rings is 1. The normalized spacial score (nSPS) is 33.1. The zero-order chi connectivity index (χ0) is 12.5. The molecule has 2 aliphatic rings. The van der Waals surface area contributed by atoms with Gasteiger partial charge in [-0.15, -0.1) is 0 Å². The molecule has 2 N–H and O–H groups in total. The number of hydrogen-bond donors (Lipinski definition) is 1. The highest BCUT2D eigenvalue weighted by atomic mass is 14.7. The maximum atomic E-state index is 6.35. The molecule has 1 aromatic carbocycles. The van der Waals surface area contributed by atoms with E-state index in [-0.39, 0.29) is 0 Å². The van der Waals surface area contributed by atoms with Crippen LogP contribution in [0.3, 0.4) is 0 Å². The van der Waals surface area contributed by atoms with Crippen molar-refractivity contribution < 1.29 is 0 Å². The number of hydrogen-bond acceptors (Lipinski definition) is 1. The molecule has 0 radical (unpaired) electrons. The van der Waals surface area contributed by atoms with Crippen LogP contribution >= 0.6 is 0 Å². The second kappa shape index (κ2) is 5.05. The van der Waals surface area contributed by atoms with E-state index in [1.807, 2.05) is 0 Å². The lowest BCUT2D eigenvalue weighted by atomic mass is 9.74. The zero-order valence-electron chi connectivity index (χ0n) is 11.4. The number of rotatable bonds is 2. The van der Waals surface area contributed by atoms with Gasteiger partial charge in [0, 0.05) is 6.04 Å². The van der Waals surface area contributed by atoms with Gasteiger partial charge in [-0.05, 0) is 61.0 Å². The Morgan fingerprint density at radius 3 is 2.56 bits per heavy atom. The molecule has 0 bridgehead atoms. The summed E-state index contributed by atoms with van der Waals surface area (Å²) in [6.07, 6.45) is 7.96. The van der Waals surface area contributed by atoms with Gasteiger partial charge in [0.2, 0.25) is 0 Å². The van der Waals surface area contributed by atoms with Crippen molar-refractivity contribution in [2.75, 3.05) is 0 Å². The molecule has 0 spiro atoms. The summed E-state index contributed by atoms with van der Waals surface area (Å²) in [5.74, 6) is 2.26. The summed E-state index contributed by atoms with van der Waals surface area (Å²) in [5, 5.41) is 0. The summed E-state index contributed by atoms with van der Waals surface area (Å²) in [5.41, 5.74) is 9.40. The lowest BCUT2D eigenvalue weighted by Gasteiger charge is -2.34. The molecule has 0 saturated heterocycles. The maximum absolute atomic E-state index is 6.35. The zero-order valence-corrected chi connectivity index (χ0v) is 11.4. The number of nitrogens with two attached hydrogens (primary N) is 1. The van der Waals surface area contributed by atoms with E-state index in [9.17, 15) is 0 Å². The van der Waals surface area contributed by atoms with E-state index in [0.717, 1.165) is 11.8 Å². The molecule has 2 saturated carbocycles. The molecular weight excluding hydrogens is 218 g/mol. The molecule has 0 aromatic heterocycles. The Labute approximate surface area is 111 Å². The fourth-order valence-electron chi connectivity index (χ4n) is 3.57. The second-order valence-electron chi connectivity index (χ2n) is 6.49. The molecule has 0 amide bonds. The Morgan fingerprint density at radius 1 is 1.06 bits per heavy atom. The van der Waals surface area contributed by atoms with E-state index in [1.54, 1.807) is 5.56 Å². The van der Waals surface area contributed by atoms with E-state index in [0.29, 0.717) is 12.0 Å². The van der Waals surface area contributed by atoms with Gasteiger partial charge in [0.25, 0.3) is 0 Å². The van der Waals surface area contributed by atoms with Crippen molar-refractivity contribution >= 4 is 0 Å². The lowest BCUT2D eigenvalue weighted by molar-refractivity contribution is 0.306. The molecule has 0 aliphatic heterocycles. The van der Waals surface area contributed by atoms with Gasteiger partial charge in [-0.1, -0.05) is 37.6 Å². The highest BCUT2D eigenvalue weighted by Gasteiger charge is 2.28. The monoisotopic (exact) mass is 243 g/mol. The SMILES string of the molecule is CC1CCC(N)C(c2cccc(C3CCC3)c2)C1. The molecule has 98 valence electrons. The molecule has 0 heterocycles. The highest BCUT2D eigenvalue weighted by Crippen LogP contribution is 2.39. The van der Waals surface area contributed by atoms with Gasteiger partial charge in [0.15, 0.2) is 0 Å². The highest BCUT2D eigenvalue weighted by molar-refractivity contribution is 5.31. The summed E-state index contributed by atoms with van der Waals surface area (Å²) in [6.45, 7) is 2.37. The third-order valence-corrected chi connectivity index (χ3v) is 5.08. The van der Waals surface area contributed by atoms with Gasteiger partial charge in [0.05, 0.1) is 0 Å². The minimum atomic E-state index is 0.373. The molecule has 2 fully saturated rings. The van der Waals surface area contributed by atoms with Crippen molar-refractivity contribution in [3.05, 3.63) is 35.4 Å². The van der Waals surface area contributed by atoms with E-state index >= 15 is 0 Å². The van der Waals surface area contributed by atoms with Crippen LogP contribution in [0.25, 0.3) is 0 Å². The van der Waals surface area contributed by atoms with Gasteiger partial charge in [-0.3, -0.25) is 0 Å². The Bertz CT molecular complexity index is 408. The third-order valence-electron chi connectivity index (χ3n) is 5.08. The van der Waals surface area contributed by atoms with Gasteiger partial charge >= 0.3 is 0 Å². The lowest BCUT2D eigenvalue weighted by Crippen LogP contribution is -2.34. The average Bonchev–Trinajstić information content (AvgIpc) is 2.30. The quantitative estimate of drug-likeness (QED) is 0.828. The topological polar surface area (TPSA) is 26.0 Å². The van der Waals surface area contributed by atoms with Crippen molar-refractivity contribution in [2.24, 2.45) is 11.7 Å². The Morgan fingerprint density at radius 2 is 1.83 bits per heavy atom. The van der Waals surface area contributed by atoms with Crippen LogP contribution in [0.1, 0.15) is 68.4 Å². The first-order valence-corrected chi connectivity index (χ1v) is 7.59. The molecular formula is C17H25N. The van der Waals surface area contributed by atoms with E-state index in [4.69, 9.17) is 5.73 Å². The third kappa shape index (κ3) is 2.33. The minimum absolute atomic E-state index is 0.373. The van der Waals surface area contributed by atoms with Crippen LogP contribution in [0.5, 0.6) is 0 Å². The Hall–Kier alpha value is -0.820. The Kier molecular flexibility index (Phi) is 3.43. The van der Waals surface area contributed by atoms with Crippen LogP contribution in [-0.4, -0.2) is 6.04 Å². The largest absolute Gasteiger partial charge is 0.327 e. The minimum Gasteiger partial charge on any atom is -0.327 e. The van der Waals surface area contributed by atoms with Crippen molar-refractivity contribution in [1.29, 1.82) is 0 Å². The first-order chi connectivity index (χ1) is 8.74. The average molecular weight is 243 g/mol. The Balaban J connectivity index is 1.81. The van der Waals surface area contributed by atoms with Crippen molar-refractivity contribution in [3.8, 4) is 0 Å². The first kappa shape index (κ1) is 12.2. The van der Waals surface area contributed by atoms with Gasteiger partial charge in [-0.25, -0.2) is 0 Å². The fraction of sp³-hybridized carbons (Fsp3) is 0.647. The molecule has 2 aliphatic carbocycles. The van der Waals surface area contributed by atoms with E-state index < -0.39 is 0 Å². The van der Waals surface area contributed by atoms with E-state index in [2.05, 4.69) is 31.2 Å². The second-order valence-corrected chi connectivity index (χ2v) is 6.49. The van der Waals surface area contributed by atoms with Crippen LogP contribution in [0, 0.1) is 5.92 Å².